The number of hydrogen-bond donors (Lipinski definition) is 4. The first-order valence-electron chi connectivity index (χ1n) is 18.3. The van der Waals surface area contributed by atoms with Gasteiger partial charge in [0, 0.05) is 24.3 Å². The number of rotatable bonds is 12. The van der Waals surface area contributed by atoms with E-state index in [1.165, 1.54) is 5.56 Å². The Hall–Kier alpha value is -5.28. The van der Waals surface area contributed by atoms with E-state index in [1.807, 2.05) is 94.6 Å². The van der Waals surface area contributed by atoms with E-state index in [-0.39, 0.29) is 30.4 Å². The highest BCUT2D eigenvalue weighted by molar-refractivity contribution is 6.09. The van der Waals surface area contributed by atoms with Crippen molar-refractivity contribution >= 4 is 39.5 Å². The molecule has 1 aliphatic rings. The van der Waals surface area contributed by atoms with Gasteiger partial charge >= 0.3 is 6.09 Å². The lowest BCUT2D eigenvalue weighted by Gasteiger charge is -2.26. The summed E-state index contributed by atoms with van der Waals surface area (Å²) in [6, 6.07) is 28.7. The van der Waals surface area contributed by atoms with Gasteiger partial charge in [-0.1, -0.05) is 78.9 Å². The summed E-state index contributed by atoms with van der Waals surface area (Å²) in [6.07, 6.45) is 5.63. The largest absolute Gasteiger partial charge is 0.444 e. The molecule has 3 amide bonds. The highest BCUT2D eigenvalue weighted by Gasteiger charge is 2.26. The summed E-state index contributed by atoms with van der Waals surface area (Å²) in [7, 11) is 0. The zero-order chi connectivity index (χ0) is 36.7. The van der Waals surface area contributed by atoms with E-state index >= 15 is 0 Å². The predicted molar refractivity (Wildman–Crippen MR) is 206 cm³/mol. The summed E-state index contributed by atoms with van der Waals surface area (Å²) in [5.41, 5.74) is 4.11. The second kappa shape index (κ2) is 16.4. The highest BCUT2D eigenvalue weighted by atomic mass is 16.6. The smallest absolute Gasteiger partial charge is 0.407 e. The summed E-state index contributed by atoms with van der Waals surface area (Å²) in [5, 5.41) is 16.5. The molecule has 6 rings (SSSR count). The molecule has 0 spiro atoms. The molecule has 1 unspecified atom stereocenters. The van der Waals surface area contributed by atoms with Crippen molar-refractivity contribution < 1.29 is 19.1 Å². The molecular weight excluding hydrogens is 651 g/mol. The number of nitrogens with one attached hydrogen (secondary N) is 4. The Kier molecular flexibility index (Phi) is 11.5. The number of benzene rings is 4. The molecule has 5 aromatic rings. The van der Waals surface area contributed by atoms with Crippen molar-refractivity contribution in [3.8, 4) is 0 Å². The number of carbonyl (C=O) groups is 3. The molecule has 1 heterocycles. The van der Waals surface area contributed by atoms with E-state index in [2.05, 4.69) is 50.5 Å². The van der Waals surface area contributed by atoms with Crippen LogP contribution in [0.3, 0.4) is 0 Å². The van der Waals surface area contributed by atoms with E-state index < -0.39 is 17.7 Å². The Labute approximate surface area is 305 Å². The monoisotopic (exact) mass is 699 g/mol. The lowest BCUT2D eigenvalue weighted by molar-refractivity contribution is -0.123. The van der Waals surface area contributed by atoms with Crippen LogP contribution in [0.1, 0.15) is 98.2 Å². The number of ether oxygens (including phenoxy) is 1. The fourth-order valence-electron chi connectivity index (χ4n) is 7.11. The molecule has 52 heavy (non-hydrogen) atoms. The van der Waals surface area contributed by atoms with E-state index in [4.69, 9.17) is 4.74 Å². The summed E-state index contributed by atoms with van der Waals surface area (Å²) in [4.78, 5) is 45.1. The number of aromatic nitrogens is 1. The third-order valence-electron chi connectivity index (χ3n) is 9.61. The van der Waals surface area contributed by atoms with Crippen LogP contribution in [0.25, 0.3) is 21.5 Å². The summed E-state index contributed by atoms with van der Waals surface area (Å²) >= 11 is 0. The zero-order valence-electron chi connectivity index (χ0n) is 30.5. The molecule has 0 fully saturated rings. The van der Waals surface area contributed by atoms with Gasteiger partial charge in [-0.2, -0.15) is 0 Å². The normalized spacial score (nSPS) is 15.3. The number of fused-ring (bicyclic) bond motifs is 3. The Morgan fingerprint density at radius 1 is 0.865 bits per heavy atom. The fourth-order valence-corrected chi connectivity index (χ4v) is 7.11. The number of amides is 3. The van der Waals surface area contributed by atoms with Crippen LogP contribution in [0.4, 0.5) is 4.79 Å². The number of alkyl carbamates (subject to hydrolysis) is 1. The van der Waals surface area contributed by atoms with Gasteiger partial charge in [-0.3, -0.25) is 14.6 Å². The molecule has 0 saturated heterocycles. The van der Waals surface area contributed by atoms with Crippen molar-refractivity contribution in [2.24, 2.45) is 0 Å². The number of pyridine rings is 1. The number of aryl methyl sites for hydroxylation is 1. The van der Waals surface area contributed by atoms with E-state index in [0.717, 1.165) is 57.6 Å². The van der Waals surface area contributed by atoms with Gasteiger partial charge in [-0.15, -0.1) is 0 Å². The zero-order valence-corrected chi connectivity index (χ0v) is 30.5. The van der Waals surface area contributed by atoms with Crippen molar-refractivity contribution in [2.45, 2.75) is 90.1 Å². The van der Waals surface area contributed by atoms with Gasteiger partial charge in [0.15, 0.2) is 0 Å². The van der Waals surface area contributed by atoms with Gasteiger partial charge in [0.1, 0.15) is 11.6 Å². The Balaban J connectivity index is 1.19. The molecule has 3 atom stereocenters. The molecule has 9 nitrogen and oxygen atoms in total. The summed E-state index contributed by atoms with van der Waals surface area (Å²) in [6.45, 7) is 8.35. The van der Waals surface area contributed by atoms with Gasteiger partial charge in [0.2, 0.25) is 5.91 Å². The number of nitrogens with zero attached hydrogens (tertiary/aromatic N) is 1. The molecule has 1 aliphatic carbocycles. The molecular formula is C43H49N5O4. The van der Waals surface area contributed by atoms with E-state index in [1.54, 1.807) is 6.07 Å². The van der Waals surface area contributed by atoms with E-state index in [9.17, 15) is 14.4 Å². The van der Waals surface area contributed by atoms with Gasteiger partial charge < -0.3 is 26.0 Å². The van der Waals surface area contributed by atoms with Crippen LogP contribution < -0.4 is 21.3 Å². The fraction of sp³-hybridized carbons (Fsp3) is 0.349. The predicted octanol–water partition coefficient (Wildman–Crippen LogP) is 7.84. The molecule has 0 aliphatic heterocycles. The third-order valence-corrected chi connectivity index (χ3v) is 9.61. The molecule has 0 bridgehead atoms. The number of carbonyl (C=O) groups excluding carboxylic acids is 3. The van der Waals surface area contributed by atoms with Crippen LogP contribution >= 0.6 is 0 Å². The summed E-state index contributed by atoms with van der Waals surface area (Å²) < 4.78 is 5.41. The lowest BCUT2D eigenvalue weighted by Crippen LogP contribution is -2.47. The second-order valence-electron chi connectivity index (χ2n) is 14.6. The van der Waals surface area contributed by atoms with Crippen molar-refractivity contribution in [3.63, 3.8) is 0 Å². The van der Waals surface area contributed by atoms with Crippen molar-refractivity contribution in [3.05, 3.63) is 125 Å². The van der Waals surface area contributed by atoms with Crippen LogP contribution in [0.15, 0.2) is 97.2 Å². The molecule has 4 aromatic carbocycles. The average Bonchev–Trinajstić information content (AvgIpc) is 3.14. The maximum Gasteiger partial charge on any atom is 0.407 e. The highest BCUT2D eigenvalue weighted by Crippen LogP contribution is 2.28. The van der Waals surface area contributed by atoms with Gasteiger partial charge in [-0.25, -0.2) is 4.79 Å². The minimum atomic E-state index is -0.768. The van der Waals surface area contributed by atoms with Gasteiger partial charge in [0.05, 0.1) is 11.7 Å². The molecule has 9 heteroatoms. The van der Waals surface area contributed by atoms with Gasteiger partial charge in [0.25, 0.3) is 5.91 Å². The molecule has 0 radical (unpaired) electrons. The van der Waals surface area contributed by atoms with Crippen molar-refractivity contribution in [1.82, 2.24) is 26.3 Å². The first kappa shape index (κ1) is 36.5. The second-order valence-corrected chi connectivity index (χ2v) is 14.6. The Morgan fingerprint density at radius 2 is 1.62 bits per heavy atom. The van der Waals surface area contributed by atoms with Crippen LogP contribution in [-0.4, -0.2) is 41.1 Å². The maximum absolute atomic E-state index is 14.1. The minimum Gasteiger partial charge on any atom is -0.444 e. The SMILES string of the molecule is C[C@H](NC(=O)[C@H](CCCNC1CCCc2cccnc21)NC(=O)c1ccc(CNC(=O)OC(C)(C)C)c2ccccc12)c1cccc2ccccc12. The first-order chi connectivity index (χ1) is 25.1. The van der Waals surface area contributed by atoms with Crippen LogP contribution in [0.2, 0.25) is 0 Å². The van der Waals surface area contributed by atoms with Gasteiger partial charge in [-0.05, 0) is 117 Å². The standard InChI is InChI=1S/C43H49N5O4/c1-28(32-20-9-14-29-13-5-6-17-33(29)32)47-41(50)38(22-12-25-44-37-21-10-15-30-16-11-26-45-39(30)37)48-40(49)36-24-23-31(34-18-7-8-19-35(34)36)27-46-42(51)52-43(2,3)4/h5-9,11,13-14,16-20,23-24,26,28,37-38,44H,10,12,15,21-22,25,27H2,1-4H3,(H,46,51)(H,47,50)(H,48,49)/t28-,37?,38-/m0/s1. The van der Waals surface area contributed by atoms with Crippen LogP contribution in [0.5, 0.6) is 0 Å². The van der Waals surface area contributed by atoms with Crippen molar-refractivity contribution in [2.75, 3.05) is 6.54 Å². The molecule has 0 saturated carbocycles. The maximum atomic E-state index is 14.1. The molecule has 1 aromatic heterocycles. The minimum absolute atomic E-state index is 0.174. The number of hydrogen-bond acceptors (Lipinski definition) is 6. The Morgan fingerprint density at radius 3 is 2.42 bits per heavy atom. The summed E-state index contributed by atoms with van der Waals surface area (Å²) in [5.74, 6) is -0.569. The quantitative estimate of drug-likeness (QED) is 0.0986. The van der Waals surface area contributed by atoms with Crippen LogP contribution in [0, 0.1) is 0 Å². The first-order valence-corrected chi connectivity index (χ1v) is 18.3. The molecule has 4 N–H and O–H groups in total. The molecule has 270 valence electrons. The Bertz CT molecular complexity index is 2050. The average molecular weight is 700 g/mol. The van der Waals surface area contributed by atoms with Crippen molar-refractivity contribution in [1.29, 1.82) is 0 Å². The van der Waals surface area contributed by atoms with Crippen LogP contribution in [-0.2, 0) is 22.5 Å². The lowest BCUT2D eigenvalue weighted by atomic mass is 9.92. The van der Waals surface area contributed by atoms with E-state index in [0.29, 0.717) is 24.9 Å². The topological polar surface area (TPSA) is 121 Å². The third kappa shape index (κ3) is 8.95.